The van der Waals surface area contributed by atoms with Crippen LogP contribution in [0.1, 0.15) is 30.5 Å². The maximum atomic E-state index is 6.30. The summed E-state index contributed by atoms with van der Waals surface area (Å²) in [6.07, 6.45) is 4.60. The highest BCUT2D eigenvalue weighted by molar-refractivity contribution is 5.93. The second kappa shape index (κ2) is 6.69. The third-order valence-electron chi connectivity index (χ3n) is 4.92. The van der Waals surface area contributed by atoms with Crippen LogP contribution < -0.4 is 16.9 Å². The molecule has 1 aliphatic heterocycles. The summed E-state index contributed by atoms with van der Waals surface area (Å²) in [6, 6.07) is 16.8. The Morgan fingerprint density at radius 1 is 1.15 bits per heavy atom. The van der Waals surface area contributed by atoms with E-state index in [1.165, 1.54) is 10.9 Å². The first kappa shape index (κ1) is 16.4. The van der Waals surface area contributed by atoms with Crippen LogP contribution in [0.4, 0.5) is 5.69 Å². The van der Waals surface area contributed by atoms with E-state index in [1.54, 1.807) is 5.01 Å². The van der Waals surface area contributed by atoms with Crippen molar-refractivity contribution in [3.63, 3.8) is 0 Å². The third kappa shape index (κ3) is 2.86. The zero-order valence-corrected chi connectivity index (χ0v) is 14.8. The fourth-order valence-electron chi connectivity index (χ4n) is 3.73. The Morgan fingerprint density at radius 3 is 2.85 bits per heavy atom. The molecule has 0 radical (unpaired) electrons. The zero-order valence-electron chi connectivity index (χ0n) is 14.8. The second-order valence-electron chi connectivity index (χ2n) is 6.70. The van der Waals surface area contributed by atoms with Gasteiger partial charge < -0.3 is 16.1 Å². The van der Waals surface area contributed by atoms with E-state index in [9.17, 15) is 0 Å². The van der Waals surface area contributed by atoms with Crippen LogP contribution in [0.5, 0.6) is 0 Å². The van der Waals surface area contributed by atoms with Gasteiger partial charge in [0.1, 0.15) is 0 Å². The first-order valence-corrected chi connectivity index (χ1v) is 8.82. The molecular weight excluding hydrogens is 322 g/mol. The van der Waals surface area contributed by atoms with Gasteiger partial charge >= 0.3 is 0 Å². The summed E-state index contributed by atoms with van der Waals surface area (Å²) >= 11 is 0. The van der Waals surface area contributed by atoms with Gasteiger partial charge in [-0.25, -0.2) is 5.84 Å². The van der Waals surface area contributed by atoms with Crippen molar-refractivity contribution in [3.8, 4) is 0 Å². The van der Waals surface area contributed by atoms with Crippen molar-refractivity contribution < 1.29 is 0 Å². The molecule has 2 aromatic carbocycles. The molecule has 5 heteroatoms. The highest BCUT2D eigenvalue weighted by Crippen LogP contribution is 2.36. The van der Waals surface area contributed by atoms with Gasteiger partial charge in [0.25, 0.3) is 0 Å². The van der Waals surface area contributed by atoms with E-state index in [4.69, 9.17) is 11.6 Å². The van der Waals surface area contributed by atoms with Gasteiger partial charge in [0.2, 0.25) is 0 Å². The number of anilines is 1. The van der Waals surface area contributed by atoms with Crippen molar-refractivity contribution in [2.75, 3.05) is 11.9 Å². The van der Waals surface area contributed by atoms with Crippen molar-refractivity contribution >= 4 is 22.2 Å². The second-order valence-corrected chi connectivity index (χ2v) is 6.70. The molecule has 1 aromatic heterocycles. The molecule has 1 atom stereocenters. The number of hydrazine groups is 1. The molecule has 3 aromatic rings. The molecular formula is C21H23N5. The van der Waals surface area contributed by atoms with Gasteiger partial charge in [-0.2, -0.15) is 0 Å². The van der Waals surface area contributed by atoms with Gasteiger partial charge in [-0.05, 0) is 31.0 Å². The number of benzene rings is 2. The smallest absolute Gasteiger partial charge is 0.0777 e. The minimum atomic E-state index is 0.146. The number of allylic oxidation sites excluding steroid dienone is 1. The molecule has 0 bridgehead atoms. The van der Waals surface area contributed by atoms with Gasteiger partial charge in [0, 0.05) is 46.7 Å². The molecule has 0 saturated carbocycles. The standard InChI is InChI=1S/C21H23N5/c1-14(22)21-18-7-3-2-6-17(18)20(10-12-26(21)23)25-19-8-4-5-15-13-24-11-9-16(15)19/h2-9,11,13,20,25H,10,12,22-23H2,1H3/b21-14-. The highest BCUT2D eigenvalue weighted by atomic mass is 15.4. The summed E-state index contributed by atoms with van der Waals surface area (Å²) in [7, 11) is 0. The number of nitrogens with one attached hydrogen (secondary N) is 1. The fraction of sp³-hybridized carbons (Fsp3) is 0.190. The molecule has 5 nitrogen and oxygen atoms in total. The lowest BCUT2D eigenvalue weighted by molar-refractivity contribution is 0.402. The highest BCUT2D eigenvalue weighted by Gasteiger charge is 2.25. The predicted octanol–water partition coefficient (Wildman–Crippen LogP) is 3.61. The largest absolute Gasteiger partial charge is 0.401 e. The number of fused-ring (bicyclic) bond motifs is 2. The minimum absolute atomic E-state index is 0.146. The van der Waals surface area contributed by atoms with Crippen molar-refractivity contribution in [3.05, 3.63) is 77.7 Å². The van der Waals surface area contributed by atoms with Gasteiger partial charge in [-0.3, -0.25) is 4.98 Å². The van der Waals surface area contributed by atoms with E-state index < -0.39 is 0 Å². The monoisotopic (exact) mass is 345 g/mol. The van der Waals surface area contributed by atoms with Crippen LogP contribution in [0.25, 0.3) is 16.5 Å². The molecule has 1 aliphatic rings. The number of aromatic nitrogens is 1. The van der Waals surface area contributed by atoms with Crippen molar-refractivity contribution in [2.45, 2.75) is 19.4 Å². The van der Waals surface area contributed by atoms with E-state index in [1.807, 2.05) is 31.5 Å². The summed E-state index contributed by atoms with van der Waals surface area (Å²) in [4.78, 5) is 4.22. The molecule has 0 aliphatic carbocycles. The van der Waals surface area contributed by atoms with Crippen LogP contribution in [0.3, 0.4) is 0 Å². The summed E-state index contributed by atoms with van der Waals surface area (Å²) < 4.78 is 0. The van der Waals surface area contributed by atoms with Crippen LogP contribution in [-0.4, -0.2) is 16.5 Å². The van der Waals surface area contributed by atoms with Gasteiger partial charge in [0.15, 0.2) is 0 Å². The molecule has 2 heterocycles. The molecule has 0 fully saturated rings. The van der Waals surface area contributed by atoms with Crippen LogP contribution >= 0.6 is 0 Å². The van der Waals surface area contributed by atoms with Crippen LogP contribution in [0.15, 0.2) is 66.6 Å². The average Bonchev–Trinajstić information content (AvgIpc) is 2.79. The van der Waals surface area contributed by atoms with Crippen LogP contribution in [0.2, 0.25) is 0 Å². The predicted molar refractivity (Wildman–Crippen MR) is 107 cm³/mol. The quantitative estimate of drug-likeness (QED) is 0.618. The average molecular weight is 345 g/mol. The number of hydrogen-bond donors (Lipinski definition) is 3. The first-order valence-electron chi connectivity index (χ1n) is 8.82. The molecule has 4 rings (SSSR count). The Labute approximate surface area is 153 Å². The zero-order chi connectivity index (χ0) is 18.1. The van der Waals surface area contributed by atoms with E-state index in [0.717, 1.165) is 41.0 Å². The SMILES string of the molecule is C/C(N)=C1\c2ccccc2C(Nc2cccc3cnccc23)CCN1N. The molecule has 0 amide bonds. The molecule has 132 valence electrons. The van der Waals surface area contributed by atoms with E-state index >= 15 is 0 Å². The summed E-state index contributed by atoms with van der Waals surface area (Å²) in [5.41, 5.74) is 11.2. The number of rotatable bonds is 2. The van der Waals surface area contributed by atoms with Gasteiger partial charge in [-0.15, -0.1) is 0 Å². The third-order valence-corrected chi connectivity index (χ3v) is 4.92. The molecule has 0 spiro atoms. The van der Waals surface area contributed by atoms with Crippen molar-refractivity contribution in [1.29, 1.82) is 0 Å². The lowest BCUT2D eigenvalue weighted by atomic mass is 9.96. The number of hydrogen-bond acceptors (Lipinski definition) is 5. The lowest BCUT2D eigenvalue weighted by Crippen LogP contribution is -2.31. The topological polar surface area (TPSA) is 80.2 Å². The minimum Gasteiger partial charge on any atom is -0.401 e. The fourth-order valence-corrected chi connectivity index (χ4v) is 3.73. The maximum Gasteiger partial charge on any atom is 0.0777 e. The van der Waals surface area contributed by atoms with E-state index in [2.05, 4.69) is 46.7 Å². The molecule has 5 N–H and O–H groups in total. The maximum absolute atomic E-state index is 6.30. The Morgan fingerprint density at radius 2 is 2.00 bits per heavy atom. The number of nitrogens with zero attached hydrogens (tertiary/aromatic N) is 2. The summed E-state index contributed by atoms with van der Waals surface area (Å²) in [6.45, 7) is 2.62. The summed E-state index contributed by atoms with van der Waals surface area (Å²) in [5.74, 6) is 6.30. The Balaban J connectivity index is 1.79. The Hall–Kier alpha value is -3.05. The number of pyridine rings is 1. The van der Waals surface area contributed by atoms with Crippen LogP contribution in [0, 0.1) is 0 Å². The van der Waals surface area contributed by atoms with Gasteiger partial charge in [-0.1, -0.05) is 36.4 Å². The van der Waals surface area contributed by atoms with E-state index in [0.29, 0.717) is 0 Å². The first-order chi connectivity index (χ1) is 12.6. The Bertz CT molecular complexity index is 970. The summed E-state index contributed by atoms with van der Waals surface area (Å²) in [5, 5.41) is 7.78. The van der Waals surface area contributed by atoms with Crippen molar-refractivity contribution in [2.24, 2.45) is 11.6 Å². The van der Waals surface area contributed by atoms with Crippen molar-refractivity contribution in [1.82, 2.24) is 9.99 Å². The Kier molecular flexibility index (Phi) is 4.22. The molecule has 1 unspecified atom stereocenters. The van der Waals surface area contributed by atoms with Gasteiger partial charge in [0.05, 0.1) is 11.7 Å². The molecule has 26 heavy (non-hydrogen) atoms. The van der Waals surface area contributed by atoms with E-state index in [-0.39, 0.29) is 6.04 Å². The lowest BCUT2D eigenvalue weighted by Gasteiger charge is -2.21. The number of nitrogens with two attached hydrogens (primary N) is 2. The molecule has 0 saturated heterocycles. The normalized spacial score (nSPS) is 19.0. The van der Waals surface area contributed by atoms with Crippen LogP contribution in [-0.2, 0) is 0 Å².